The summed E-state index contributed by atoms with van der Waals surface area (Å²) < 4.78 is 5.21. The Labute approximate surface area is 90.4 Å². The Balaban J connectivity index is 0.000000980. The monoisotopic (exact) mass is 220 g/mol. The second kappa shape index (κ2) is 5.53. The third kappa shape index (κ3) is 2.59. The van der Waals surface area contributed by atoms with Crippen molar-refractivity contribution in [2.24, 2.45) is 5.92 Å². The minimum Gasteiger partial charge on any atom is -0.381 e. The fraction of sp³-hybridized carbons (Fsp3) is 0.889. The van der Waals surface area contributed by atoms with Gasteiger partial charge in [0.2, 0.25) is 5.91 Å². The van der Waals surface area contributed by atoms with Crippen LogP contribution in [0.4, 0.5) is 0 Å². The van der Waals surface area contributed by atoms with E-state index < -0.39 is 0 Å². The number of ether oxygens (including phenoxy) is 1. The zero-order valence-electron chi connectivity index (χ0n) is 8.20. The number of carbonyl (C=O) groups excluding carboxylic acids is 1. The van der Waals surface area contributed by atoms with Crippen LogP contribution >= 0.6 is 12.4 Å². The van der Waals surface area contributed by atoms with Crippen LogP contribution in [0, 0.1) is 5.92 Å². The summed E-state index contributed by atoms with van der Waals surface area (Å²) in [6.45, 7) is 4.95. The molecule has 0 bridgehead atoms. The molecule has 2 aliphatic rings. The van der Waals surface area contributed by atoms with E-state index in [4.69, 9.17) is 4.74 Å². The molecule has 2 rings (SSSR count). The molecule has 82 valence electrons. The summed E-state index contributed by atoms with van der Waals surface area (Å²) in [7, 11) is 0. The van der Waals surface area contributed by atoms with Crippen molar-refractivity contribution in [2.45, 2.75) is 6.42 Å². The van der Waals surface area contributed by atoms with Crippen molar-refractivity contribution in [3.05, 3.63) is 0 Å². The molecule has 0 saturated carbocycles. The van der Waals surface area contributed by atoms with Crippen molar-refractivity contribution in [3.8, 4) is 0 Å². The van der Waals surface area contributed by atoms with Gasteiger partial charge in [-0.2, -0.15) is 0 Å². The van der Waals surface area contributed by atoms with Crippen molar-refractivity contribution >= 4 is 18.3 Å². The normalized spacial score (nSPS) is 27.1. The lowest BCUT2D eigenvalue weighted by Crippen LogP contribution is -2.48. The molecule has 0 aromatic rings. The molecule has 0 spiro atoms. The van der Waals surface area contributed by atoms with E-state index in [-0.39, 0.29) is 18.3 Å². The third-order valence-corrected chi connectivity index (χ3v) is 2.71. The number of piperazine rings is 1. The van der Waals surface area contributed by atoms with Gasteiger partial charge < -0.3 is 15.0 Å². The van der Waals surface area contributed by atoms with Gasteiger partial charge in [0.1, 0.15) is 0 Å². The molecule has 2 saturated heterocycles. The van der Waals surface area contributed by atoms with Crippen molar-refractivity contribution in [2.75, 3.05) is 39.4 Å². The van der Waals surface area contributed by atoms with Crippen molar-refractivity contribution in [1.29, 1.82) is 0 Å². The highest BCUT2D eigenvalue weighted by atomic mass is 35.5. The van der Waals surface area contributed by atoms with Gasteiger partial charge in [0.05, 0.1) is 12.5 Å². The van der Waals surface area contributed by atoms with Crippen molar-refractivity contribution in [3.63, 3.8) is 0 Å². The first-order chi connectivity index (χ1) is 6.38. The van der Waals surface area contributed by atoms with Crippen molar-refractivity contribution < 1.29 is 9.53 Å². The molecule has 1 amide bonds. The molecule has 2 fully saturated rings. The van der Waals surface area contributed by atoms with Gasteiger partial charge in [0, 0.05) is 32.8 Å². The van der Waals surface area contributed by atoms with E-state index in [2.05, 4.69) is 5.32 Å². The predicted molar refractivity (Wildman–Crippen MR) is 55.6 cm³/mol. The molecule has 0 aromatic heterocycles. The molecule has 14 heavy (non-hydrogen) atoms. The summed E-state index contributed by atoms with van der Waals surface area (Å²) in [5.41, 5.74) is 0. The number of carbonyl (C=O) groups is 1. The van der Waals surface area contributed by atoms with E-state index >= 15 is 0 Å². The molecule has 0 radical (unpaired) electrons. The van der Waals surface area contributed by atoms with E-state index in [9.17, 15) is 4.79 Å². The van der Waals surface area contributed by atoms with Gasteiger partial charge in [-0.1, -0.05) is 0 Å². The molecule has 0 aromatic carbocycles. The van der Waals surface area contributed by atoms with E-state index in [1.807, 2.05) is 4.90 Å². The largest absolute Gasteiger partial charge is 0.381 e. The smallest absolute Gasteiger partial charge is 0.228 e. The summed E-state index contributed by atoms with van der Waals surface area (Å²) in [6, 6.07) is 0. The van der Waals surface area contributed by atoms with Crippen LogP contribution in [0.25, 0.3) is 0 Å². The maximum atomic E-state index is 11.8. The van der Waals surface area contributed by atoms with Gasteiger partial charge >= 0.3 is 0 Å². The first-order valence-electron chi connectivity index (χ1n) is 4.95. The number of amides is 1. The molecule has 1 unspecified atom stereocenters. The lowest BCUT2D eigenvalue weighted by Gasteiger charge is -2.29. The Hall–Kier alpha value is -0.320. The lowest BCUT2D eigenvalue weighted by molar-refractivity contribution is -0.136. The van der Waals surface area contributed by atoms with Gasteiger partial charge in [0.15, 0.2) is 0 Å². The number of hydrogen-bond donors (Lipinski definition) is 1. The molecular formula is C9H17ClN2O2. The SMILES string of the molecule is Cl.O=C(C1CCOC1)N1CCNCC1. The maximum absolute atomic E-state index is 11.8. The molecule has 4 nitrogen and oxygen atoms in total. The molecule has 1 atom stereocenters. The molecule has 1 N–H and O–H groups in total. The van der Waals surface area contributed by atoms with Gasteiger partial charge in [-0.15, -0.1) is 12.4 Å². The quantitative estimate of drug-likeness (QED) is 0.670. The Morgan fingerprint density at radius 2 is 2.07 bits per heavy atom. The second-order valence-corrected chi connectivity index (χ2v) is 3.64. The standard InChI is InChI=1S/C9H16N2O2.ClH/c12-9(8-1-6-13-7-8)11-4-2-10-3-5-11;/h8,10H,1-7H2;1H. The van der Waals surface area contributed by atoms with Crippen LogP contribution in [0.2, 0.25) is 0 Å². The zero-order chi connectivity index (χ0) is 9.10. The minimum atomic E-state index is 0. The number of hydrogen-bond acceptors (Lipinski definition) is 3. The minimum absolute atomic E-state index is 0. The zero-order valence-corrected chi connectivity index (χ0v) is 9.02. The fourth-order valence-electron chi connectivity index (χ4n) is 1.87. The predicted octanol–water partition coefficient (Wildman–Crippen LogP) is -0.124. The summed E-state index contributed by atoms with van der Waals surface area (Å²) in [6.07, 6.45) is 0.906. The average molecular weight is 221 g/mol. The molecule has 2 heterocycles. The van der Waals surface area contributed by atoms with Crippen molar-refractivity contribution in [1.82, 2.24) is 10.2 Å². The molecule has 2 aliphatic heterocycles. The van der Waals surface area contributed by atoms with Gasteiger partial charge in [0.25, 0.3) is 0 Å². The Morgan fingerprint density at radius 3 is 2.64 bits per heavy atom. The van der Waals surface area contributed by atoms with Crippen LogP contribution in [-0.4, -0.2) is 50.2 Å². The Bertz CT molecular complexity index is 189. The average Bonchev–Trinajstić information content (AvgIpc) is 2.71. The van der Waals surface area contributed by atoms with Gasteiger partial charge in [-0.25, -0.2) is 0 Å². The number of nitrogens with zero attached hydrogens (tertiary/aromatic N) is 1. The third-order valence-electron chi connectivity index (χ3n) is 2.71. The van der Waals surface area contributed by atoms with Crippen LogP contribution in [0.1, 0.15) is 6.42 Å². The number of rotatable bonds is 1. The van der Waals surface area contributed by atoms with Crippen LogP contribution in [0.15, 0.2) is 0 Å². The Morgan fingerprint density at radius 1 is 1.36 bits per heavy atom. The molecule has 5 heteroatoms. The summed E-state index contributed by atoms with van der Waals surface area (Å²) in [4.78, 5) is 13.8. The van der Waals surface area contributed by atoms with Crippen LogP contribution in [0.3, 0.4) is 0 Å². The van der Waals surface area contributed by atoms with Gasteiger partial charge in [-0.3, -0.25) is 4.79 Å². The second-order valence-electron chi connectivity index (χ2n) is 3.64. The Kier molecular flexibility index (Phi) is 4.65. The number of nitrogens with one attached hydrogen (secondary N) is 1. The highest BCUT2D eigenvalue weighted by Gasteiger charge is 2.28. The summed E-state index contributed by atoms with van der Waals surface area (Å²) >= 11 is 0. The van der Waals surface area contributed by atoms with Crippen LogP contribution in [0.5, 0.6) is 0 Å². The van der Waals surface area contributed by atoms with E-state index in [0.717, 1.165) is 39.2 Å². The summed E-state index contributed by atoms with van der Waals surface area (Å²) in [5, 5.41) is 3.24. The van der Waals surface area contributed by atoms with Crippen LogP contribution in [-0.2, 0) is 9.53 Å². The van der Waals surface area contributed by atoms with Gasteiger partial charge in [-0.05, 0) is 6.42 Å². The van der Waals surface area contributed by atoms with E-state index in [1.165, 1.54) is 0 Å². The highest BCUT2D eigenvalue weighted by Crippen LogP contribution is 2.15. The summed E-state index contributed by atoms with van der Waals surface area (Å²) in [5.74, 6) is 0.428. The number of halogens is 1. The van der Waals surface area contributed by atoms with E-state index in [0.29, 0.717) is 12.5 Å². The fourth-order valence-corrected chi connectivity index (χ4v) is 1.87. The molecular weight excluding hydrogens is 204 g/mol. The van der Waals surface area contributed by atoms with Crippen LogP contribution < -0.4 is 5.32 Å². The van der Waals surface area contributed by atoms with E-state index in [1.54, 1.807) is 0 Å². The first-order valence-corrected chi connectivity index (χ1v) is 4.95. The molecule has 0 aliphatic carbocycles. The lowest BCUT2D eigenvalue weighted by atomic mass is 10.1. The topological polar surface area (TPSA) is 41.6 Å². The maximum Gasteiger partial charge on any atom is 0.228 e. The first kappa shape index (κ1) is 11.8. The highest BCUT2D eigenvalue weighted by molar-refractivity contribution is 5.85.